The van der Waals surface area contributed by atoms with E-state index in [9.17, 15) is 14.9 Å². The Hall–Kier alpha value is -3.03. The lowest BCUT2D eigenvalue weighted by molar-refractivity contribution is -0.389. The molecule has 0 fully saturated rings. The van der Waals surface area contributed by atoms with Crippen LogP contribution in [-0.2, 0) is 4.74 Å². The number of esters is 1. The number of ether oxygens (including phenoxy) is 2. The number of methoxy groups -OCH3 is 1. The van der Waals surface area contributed by atoms with Gasteiger partial charge in [-0.1, -0.05) is 0 Å². The molecule has 2 aromatic rings. The van der Waals surface area contributed by atoms with Gasteiger partial charge >= 0.3 is 11.8 Å². The molecule has 20 heavy (non-hydrogen) atoms. The molecular formula is C12H9N3O5. The summed E-state index contributed by atoms with van der Waals surface area (Å²) in [6, 6.07) is 4.06. The Labute approximate surface area is 113 Å². The molecule has 0 aromatic carbocycles. The third-order valence-electron chi connectivity index (χ3n) is 2.28. The summed E-state index contributed by atoms with van der Waals surface area (Å²) in [5, 5.41) is 10.5. The standard InChI is InChI=1S/C12H9N3O5/c1-19-12(16)8-4-10(6-13-5-8)20-9-2-3-11(14-7-9)15(17)18/h2-7H,1H3. The van der Waals surface area contributed by atoms with Crippen LogP contribution in [0.4, 0.5) is 5.82 Å². The van der Waals surface area contributed by atoms with Gasteiger partial charge in [-0.25, -0.2) is 4.79 Å². The fraction of sp³-hybridized carbons (Fsp3) is 0.0833. The summed E-state index contributed by atoms with van der Waals surface area (Å²) in [7, 11) is 1.26. The Kier molecular flexibility index (Phi) is 3.85. The average molecular weight is 275 g/mol. The van der Waals surface area contributed by atoms with Crippen molar-refractivity contribution in [3.05, 3.63) is 52.5 Å². The van der Waals surface area contributed by atoms with E-state index < -0.39 is 10.9 Å². The number of pyridine rings is 2. The molecule has 0 aliphatic carbocycles. The lowest BCUT2D eigenvalue weighted by atomic mass is 10.3. The maximum Gasteiger partial charge on any atom is 0.363 e. The molecule has 0 bridgehead atoms. The smallest absolute Gasteiger partial charge is 0.363 e. The van der Waals surface area contributed by atoms with Crippen molar-refractivity contribution in [1.29, 1.82) is 0 Å². The van der Waals surface area contributed by atoms with Crippen LogP contribution in [0.5, 0.6) is 11.5 Å². The third-order valence-corrected chi connectivity index (χ3v) is 2.28. The number of hydrogen-bond acceptors (Lipinski definition) is 7. The van der Waals surface area contributed by atoms with Crippen molar-refractivity contribution in [3.63, 3.8) is 0 Å². The van der Waals surface area contributed by atoms with Gasteiger partial charge in [0.05, 0.1) is 18.9 Å². The van der Waals surface area contributed by atoms with Crippen molar-refractivity contribution in [2.24, 2.45) is 0 Å². The monoisotopic (exact) mass is 275 g/mol. The van der Waals surface area contributed by atoms with Gasteiger partial charge in [-0.05, 0) is 22.0 Å². The van der Waals surface area contributed by atoms with Gasteiger partial charge in [-0.2, -0.15) is 0 Å². The molecule has 2 heterocycles. The molecule has 0 atom stereocenters. The van der Waals surface area contributed by atoms with Crippen LogP contribution in [0.25, 0.3) is 0 Å². The van der Waals surface area contributed by atoms with Crippen molar-refractivity contribution in [2.75, 3.05) is 7.11 Å². The van der Waals surface area contributed by atoms with E-state index in [2.05, 4.69) is 14.7 Å². The molecule has 0 amide bonds. The molecule has 0 aliphatic heterocycles. The number of hydrogen-bond donors (Lipinski definition) is 0. The summed E-state index contributed by atoms with van der Waals surface area (Å²) in [5.74, 6) is -0.230. The Bertz CT molecular complexity index is 642. The summed E-state index contributed by atoms with van der Waals surface area (Å²) >= 11 is 0. The number of nitrogens with zero attached hydrogens (tertiary/aromatic N) is 3. The van der Waals surface area contributed by atoms with Gasteiger partial charge in [0.1, 0.15) is 5.75 Å². The Morgan fingerprint density at radius 3 is 2.65 bits per heavy atom. The molecule has 2 aromatic heterocycles. The zero-order chi connectivity index (χ0) is 14.5. The summed E-state index contributed by atoms with van der Waals surface area (Å²) in [4.78, 5) is 28.6. The number of aromatic nitrogens is 2. The first-order valence-corrected chi connectivity index (χ1v) is 5.42. The van der Waals surface area contributed by atoms with Gasteiger partial charge in [0.15, 0.2) is 11.9 Å². The van der Waals surface area contributed by atoms with Crippen LogP contribution in [0, 0.1) is 10.1 Å². The average Bonchev–Trinajstić information content (AvgIpc) is 2.47. The third kappa shape index (κ3) is 3.05. The molecule has 2 rings (SSSR count). The maximum absolute atomic E-state index is 11.3. The normalized spacial score (nSPS) is 9.85. The van der Waals surface area contributed by atoms with Gasteiger partial charge in [0, 0.05) is 12.3 Å². The van der Waals surface area contributed by atoms with Gasteiger partial charge in [0.25, 0.3) is 0 Å². The van der Waals surface area contributed by atoms with E-state index in [1.165, 1.54) is 43.9 Å². The van der Waals surface area contributed by atoms with Crippen LogP contribution in [0.1, 0.15) is 10.4 Å². The first kappa shape index (κ1) is 13.4. The highest BCUT2D eigenvalue weighted by Gasteiger charge is 2.10. The molecular weight excluding hydrogens is 266 g/mol. The maximum atomic E-state index is 11.3. The van der Waals surface area contributed by atoms with Crippen LogP contribution < -0.4 is 4.74 Å². The van der Waals surface area contributed by atoms with Crippen LogP contribution >= 0.6 is 0 Å². The topological polar surface area (TPSA) is 104 Å². The largest absolute Gasteiger partial charge is 0.465 e. The lowest BCUT2D eigenvalue weighted by Gasteiger charge is -2.04. The minimum absolute atomic E-state index is 0.236. The van der Waals surface area contributed by atoms with Crippen molar-refractivity contribution < 1.29 is 19.2 Å². The zero-order valence-electron chi connectivity index (χ0n) is 10.3. The van der Waals surface area contributed by atoms with E-state index in [4.69, 9.17) is 4.74 Å². The SMILES string of the molecule is COC(=O)c1cncc(Oc2ccc([N+](=O)[O-])nc2)c1. The second-order valence-corrected chi connectivity index (χ2v) is 3.61. The van der Waals surface area contributed by atoms with Crippen LogP contribution in [-0.4, -0.2) is 28.0 Å². The predicted octanol–water partition coefficient (Wildman–Crippen LogP) is 1.96. The number of nitro groups is 1. The minimum atomic E-state index is -0.608. The molecule has 0 saturated carbocycles. The van der Waals surface area contributed by atoms with Crippen molar-refractivity contribution in [3.8, 4) is 11.5 Å². The Morgan fingerprint density at radius 1 is 1.25 bits per heavy atom. The van der Waals surface area contributed by atoms with Gasteiger partial charge < -0.3 is 19.6 Å². The van der Waals surface area contributed by atoms with E-state index >= 15 is 0 Å². The summed E-state index contributed by atoms with van der Waals surface area (Å²) < 4.78 is 9.95. The molecule has 0 unspecified atom stereocenters. The molecule has 0 saturated heterocycles. The van der Waals surface area contributed by atoms with E-state index in [0.29, 0.717) is 11.5 Å². The quantitative estimate of drug-likeness (QED) is 0.477. The fourth-order valence-electron chi connectivity index (χ4n) is 1.38. The first-order valence-electron chi connectivity index (χ1n) is 5.42. The summed E-state index contributed by atoms with van der Waals surface area (Å²) in [5.41, 5.74) is 0.236. The first-order chi connectivity index (χ1) is 9.60. The molecule has 8 nitrogen and oxygen atoms in total. The van der Waals surface area contributed by atoms with Gasteiger partial charge in [-0.3, -0.25) is 4.98 Å². The zero-order valence-corrected chi connectivity index (χ0v) is 10.3. The van der Waals surface area contributed by atoms with Crippen LogP contribution in [0.15, 0.2) is 36.8 Å². The molecule has 102 valence electrons. The van der Waals surface area contributed by atoms with E-state index in [0.717, 1.165) is 0 Å². The number of carbonyl (C=O) groups is 1. The molecule has 0 N–H and O–H groups in total. The second kappa shape index (κ2) is 5.74. The van der Waals surface area contributed by atoms with Crippen molar-refractivity contribution in [2.45, 2.75) is 0 Å². The van der Waals surface area contributed by atoms with Crippen LogP contribution in [0.2, 0.25) is 0 Å². The number of rotatable bonds is 4. The van der Waals surface area contributed by atoms with Crippen LogP contribution in [0.3, 0.4) is 0 Å². The highest BCUT2D eigenvalue weighted by Crippen LogP contribution is 2.22. The lowest BCUT2D eigenvalue weighted by Crippen LogP contribution is -2.02. The molecule has 8 heteroatoms. The molecule has 0 radical (unpaired) electrons. The summed E-state index contributed by atoms with van der Waals surface area (Å²) in [6.45, 7) is 0. The Balaban J connectivity index is 2.17. The number of carbonyl (C=O) groups excluding carboxylic acids is 1. The van der Waals surface area contributed by atoms with Gasteiger partial charge in [0.2, 0.25) is 0 Å². The highest BCUT2D eigenvalue weighted by molar-refractivity contribution is 5.89. The predicted molar refractivity (Wildman–Crippen MR) is 66.5 cm³/mol. The Morgan fingerprint density at radius 2 is 2.05 bits per heavy atom. The van der Waals surface area contributed by atoms with Crippen molar-refractivity contribution in [1.82, 2.24) is 9.97 Å². The minimum Gasteiger partial charge on any atom is -0.465 e. The van der Waals surface area contributed by atoms with E-state index in [1.807, 2.05) is 0 Å². The van der Waals surface area contributed by atoms with Crippen molar-refractivity contribution >= 4 is 11.8 Å². The highest BCUT2D eigenvalue weighted by atomic mass is 16.6. The summed E-state index contributed by atoms with van der Waals surface area (Å²) in [6.07, 6.45) is 3.95. The molecule has 0 aliphatic rings. The van der Waals surface area contributed by atoms with E-state index in [-0.39, 0.29) is 11.4 Å². The van der Waals surface area contributed by atoms with E-state index in [1.54, 1.807) is 0 Å². The molecule has 0 spiro atoms. The fourth-order valence-corrected chi connectivity index (χ4v) is 1.38. The van der Waals surface area contributed by atoms with Gasteiger partial charge in [-0.15, -0.1) is 0 Å². The second-order valence-electron chi connectivity index (χ2n) is 3.61.